The Labute approximate surface area is 204 Å². The summed E-state index contributed by atoms with van der Waals surface area (Å²) in [6.07, 6.45) is 26.9. The molecule has 0 aliphatic heterocycles. The molecule has 0 heterocycles. The summed E-state index contributed by atoms with van der Waals surface area (Å²) in [5.41, 5.74) is 0.786. The first kappa shape index (κ1) is 22.2. The first-order chi connectivity index (χ1) is 16.2. The molecule has 186 valence electrons. The largest absolute Gasteiger partial charge is 0.381 e. The van der Waals surface area contributed by atoms with Crippen molar-refractivity contribution in [1.29, 1.82) is 0 Å². The molecule has 0 N–H and O–H groups in total. The second-order valence-electron chi connectivity index (χ2n) is 14.5. The zero-order valence-electron chi connectivity index (χ0n) is 21.9. The molecule has 0 radical (unpaired) electrons. The van der Waals surface area contributed by atoms with Gasteiger partial charge in [-0.2, -0.15) is 0 Å². The van der Waals surface area contributed by atoms with Gasteiger partial charge in [0.05, 0.1) is 6.10 Å². The Bertz CT molecular complexity index is 703. The molecular formula is C32H52O. The van der Waals surface area contributed by atoms with Gasteiger partial charge in [-0.25, -0.2) is 0 Å². The molecule has 0 amide bonds. The van der Waals surface area contributed by atoms with Crippen LogP contribution in [0.2, 0.25) is 0 Å². The molecule has 7 aliphatic carbocycles. The Morgan fingerprint density at radius 1 is 0.545 bits per heavy atom. The topological polar surface area (TPSA) is 9.23 Å². The zero-order chi connectivity index (χ0) is 22.2. The Morgan fingerprint density at radius 3 is 1.79 bits per heavy atom. The fourth-order valence-electron chi connectivity index (χ4n) is 13.0. The van der Waals surface area contributed by atoms with Gasteiger partial charge in [-0.05, 0) is 141 Å². The van der Waals surface area contributed by atoms with Gasteiger partial charge in [-0.15, -0.1) is 0 Å². The highest BCUT2D eigenvalue weighted by molar-refractivity contribution is 5.15. The van der Waals surface area contributed by atoms with Gasteiger partial charge >= 0.3 is 0 Å². The van der Waals surface area contributed by atoms with Gasteiger partial charge < -0.3 is 4.74 Å². The fourth-order valence-corrected chi connectivity index (χ4v) is 13.0. The van der Waals surface area contributed by atoms with Crippen LogP contribution in [-0.2, 0) is 4.74 Å². The highest BCUT2D eigenvalue weighted by atomic mass is 16.5. The summed E-state index contributed by atoms with van der Waals surface area (Å²) in [6.45, 7) is 2.64. The number of rotatable bonds is 3. The van der Waals surface area contributed by atoms with Crippen LogP contribution in [0.5, 0.6) is 0 Å². The van der Waals surface area contributed by atoms with E-state index in [1.165, 1.54) is 32.1 Å². The van der Waals surface area contributed by atoms with Crippen molar-refractivity contribution in [2.75, 3.05) is 7.11 Å². The summed E-state index contributed by atoms with van der Waals surface area (Å²) in [5, 5.41) is 0. The van der Waals surface area contributed by atoms with E-state index in [2.05, 4.69) is 6.92 Å². The summed E-state index contributed by atoms with van der Waals surface area (Å²) in [6, 6.07) is 0. The Morgan fingerprint density at radius 2 is 1.15 bits per heavy atom. The molecule has 1 heteroatoms. The van der Waals surface area contributed by atoms with Crippen LogP contribution in [0.1, 0.15) is 116 Å². The number of fused-ring (bicyclic) bond motifs is 7. The quantitative estimate of drug-likeness (QED) is 0.417. The average Bonchev–Trinajstić information content (AvgIpc) is 3.46. The number of hydrogen-bond acceptors (Lipinski definition) is 1. The van der Waals surface area contributed by atoms with Gasteiger partial charge in [0.15, 0.2) is 0 Å². The maximum atomic E-state index is 6.18. The molecule has 0 aromatic carbocycles. The van der Waals surface area contributed by atoms with Crippen molar-refractivity contribution in [3.63, 3.8) is 0 Å². The molecule has 11 atom stereocenters. The first-order valence-electron chi connectivity index (χ1n) is 15.8. The van der Waals surface area contributed by atoms with Crippen molar-refractivity contribution in [3.8, 4) is 0 Å². The maximum Gasteiger partial charge on any atom is 0.0602 e. The lowest BCUT2D eigenvalue weighted by Crippen LogP contribution is -2.49. The molecule has 0 aromatic rings. The minimum Gasteiger partial charge on any atom is -0.381 e. The monoisotopic (exact) mass is 452 g/mol. The van der Waals surface area contributed by atoms with Gasteiger partial charge in [0.25, 0.3) is 0 Å². The summed E-state index contributed by atoms with van der Waals surface area (Å²) in [7, 11) is 2.03. The van der Waals surface area contributed by atoms with Crippen LogP contribution >= 0.6 is 0 Å². The third-order valence-corrected chi connectivity index (χ3v) is 14.0. The van der Waals surface area contributed by atoms with E-state index < -0.39 is 0 Å². The molecule has 1 nitrogen and oxygen atoms in total. The second kappa shape index (κ2) is 8.52. The van der Waals surface area contributed by atoms with Crippen molar-refractivity contribution in [2.24, 2.45) is 70.5 Å². The van der Waals surface area contributed by atoms with Gasteiger partial charge in [0.2, 0.25) is 0 Å². The Kier molecular flexibility index (Phi) is 5.73. The van der Waals surface area contributed by atoms with Gasteiger partial charge in [0.1, 0.15) is 0 Å². The van der Waals surface area contributed by atoms with E-state index in [0.29, 0.717) is 6.10 Å². The summed E-state index contributed by atoms with van der Waals surface area (Å²) < 4.78 is 6.18. The van der Waals surface area contributed by atoms with Crippen molar-refractivity contribution in [2.45, 2.75) is 122 Å². The highest BCUT2D eigenvalue weighted by Gasteiger charge is 2.66. The standard InChI is InChI=1S/C32H52O/c1-20-8-5-11-24-22(20)14-16-26-29(24)30-25-12-6-13-28(33-2)23(25)15-17-27(30)31(26)32(18-7-19-32)21-9-3-4-10-21/h20-31H,3-19H2,1-2H3. The molecule has 7 fully saturated rings. The van der Waals surface area contributed by atoms with Crippen LogP contribution in [0.3, 0.4) is 0 Å². The number of hydrogen-bond donors (Lipinski definition) is 0. The summed E-state index contributed by atoms with van der Waals surface area (Å²) >= 11 is 0. The van der Waals surface area contributed by atoms with Crippen molar-refractivity contribution in [1.82, 2.24) is 0 Å². The van der Waals surface area contributed by atoms with E-state index in [4.69, 9.17) is 4.74 Å². The second-order valence-corrected chi connectivity index (χ2v) is 14.5. The molecular weight excluding hydrogens is 400 g/mol. The lowest BCUT2D eigenvalue weighted by Gasteiger charge is -2.57. The van der Waals surface area contributed by atoms with E-state index >= 15 is 0 Å². The highest BCUT2D eigenvalue weighted by Crippen LogP contribution is 2.73. The molecule has 7 aliphatic rings. The smallest absolute Gasteiger partial charge is 0.0602 e. The predicted molar refractivity (Wildman–Crippen MR) is 136 cm³/mol. The zero-order valence-corrected chi connectivity index (χ0v) is 21.9. The van der Waals surface area contributed by atoms with Crippen LogP contribution in [0.4, 0.5) is 0 Å². The van der Waals surface area contributed by atoms with Crippen molar-refractivity contribution >= 4 is 0 Å². The number of ether oxygens (including phenoxy) is 1. The lowest BCUT2D eigenvalue weighted by atomic mass is 9.48. The maximum absolute atomic E-state index is 6.18. The van der Waals surface area contributed by atoms with Crippen LogP contribution in [-0.4, -0.2) is 13.2 Å². The summed E-state index contributed by atoms with van der Waals surface area (Å²) in [5.74, 6) is 11.7. The third kappa shape index (κ3) is 3.18. The predicted octanol–water partition coefficient (Wildman–Crippen LogP) is 8.51. The molecule has 0 bridgehead atoms. The van der Waals surface area contributed by atoms with E-state index in [0.717, 1.165) is 70.5 Å². The van der Waals surface area contributed by atoms with E-state index in [9.17, 15) is 0 Å². The Balaban J connectivity index is 1.29. The molecule has 0 saturated heterocycles. The minimum atomic E-state index is 0.583. The van der Waals surface area contributed by atoms with Crippen LogP contribution in [0, 0.1) is 70.5 Å². The van der Waals surface area contributed by atoms with E-state index in [1.807, 2.05) is 7.11 Å². The van der Waals surface area contributed by atoms with Gasteiger partial charge in [-0.3, -0.25) is 0 Å². The Hall–Kier alpha value is -0.0400. The van der Waals surface area contributed by atoms with Crippen LogP contribution < -0.4 is 0 Å². The van der Waals surface area contributed by atoms with Crippen LogP contribution in [0.25, 0.3) is 0 Å². The van der Waals surface area contributed by atoms with E-state index in [1.54, 1.807) is 77.0 Å². The molecule has 7 rings (SSSR count). The van der Waals surface area contributed by atoms with Crippen molar-refractivity contribution in [3.05, 3.63) is 0 Å². The van der Waals surface area contributed by atoms with Gasteiger partial charge in [0, 0.05) is 7.11 Å². The minimum absolute atomic E-state index is 0.583. The normalized spacial score (nSPS) is 53.5. The van der Waals surface area contributed by atoms with E-state index in [-0.39, 0.29) is 0 Å². The molecule has 11 unspecified atom stereocenters. The average molecular weight is 453 g/mol. The molecule has 33 heavy (non-hydrogen) atoms. The SMILES string of the molecule is COC1CCCC2C1CCC1C2C2C3CCCC(C)C3CCC2C1C1(C2CCCC2)CCC1. The van der Waals surface area contributed by atoms with Gasteiger partial charge in [-0.1, -0.05) is 45.4 Å². The number of methoxy groups -OCH3 is 1. The first-order valence-corrected chi connectivity index (χ1v) is 15.8. The summed E-state index contributed by atoms with van der Waals surface area (Å²) in [4.78, 5) is 0. The molecule has 0 aromatic heterocycles. The lowest BCUT2D eigenvalue weighted by molar-refractivity contribution is -0.0915. The fraction of sp³-hybridized carbons (Fsp3) is 1.00. The van der Waals surface area contributed by atoms with Crippen LogP contribution in [0.15, 0.2) is 0 Å². The molecule has 7 saturated carbocycles. The third-order valence-electron chi connectivity index (χ3n) is 14.0. The van der Waals surface area contributed by atoms with Crippen molar-refractivity contribution < 1.29 is 4.74 Å². The molecule has 0 spiro atoms.